The summed E-state index contributed by atoms with van der Waals surface area (Å²) in [4.78, 5) is 12.5. The van der Waals surface area contributed by atoms with Crippen molar-refractivity contribution in [3.63, 3.8) is 0 Å². The smallest absolute Gasteiger partial charge is 0.410 e. The maximum absolute atomic E-state index is 13.2. The molecule has 1 amide bonds. The fourth-order valence-electron chi connectivity index (χ4n) is 1.52. The van der Waals surface area contributed by atoms with Crippen LogP contribution >= 0.6 is 0 Å². The van der Waals surface area contributed by atoms with Crippen LogP contribution in [0.1, 0.15) is 13.3 Å². The Morgan fingerprint density at radius 2 is 2.11 bits per heavy atom. The fraction of sp³-hybridized carbons (Fsp3) is 0.750. The molecule has 1 rings (SSSR count). The number of amides is 1. The summed E-state index contributed by atoms with van der Waals surface area (Å²) in [7, 11) is -1.46. The number of hydrogen-bond acceptors (Lipinski definition) is 2. The van der Waals surface area contributed by atoms with Gasteiger partial charge in [0.1, 0.15) is 8.07 Å². The summed E-state index contributed by atoms with van der Waals surface area (Å²) < 4.78 is 30.8. The standard InChI is InChI=1S/C12H19F2NO2Si/c1-10(6-5-7-18(2,3)4)15-8-12(13,14)9-17-11(15)16/h10H,6,8-9H2,1-4H3. The van der Waals surface area contributed by atoms with Gasteiger partial charge in [0.25, 0.3) is 5.92 Å². The van der Waals surface area contributed by atoms with Gasteiger partial charge in [0.05, 0.1) is 6.54 Å². The van der Waals surface area contributed by atoms with Crippen LogP contribution in [0.2, 0.25) is 19.6 Å². The lowest BCUT2D eigenvalue weighted by molar-refractivity contribution is -0.112. The summed E-state index contributed by atoms with van der Waals surface area (Å²) >= 11 is 0. The Bertz CT molecular complexity index is 382. The second kappa shape index (κ2) is 5.27. The number of halogens is 2. The normalized spacial score (nSPS) is 20.8. The molecule has 0 aromatic rings. The van der Waals surface area contributed by atoms with Crippen LogP contribution in [0.4, 0.5) is 13.6 Å². The van der Waals surface area contributed by atoms with Gasteiger partial charge in [0, 0.05) is 12.5 Å². The molecule has 1 fully saturated rings. The zero-order valence-corrected chi connectivity index (χ0v) is 12.2. The van der Waals surface area contributed by atoms with E-state index < -0.39 is 33.2 Å². The van der Waals surface area contributed by atoms with E-state index in [9.17, 15) is 13.6 Å². The van der Waals surface area contributed by atoms with Gasteiger partial charge in [0.2, 0.25) is 0 Å². The minimum Gasteiger partial charge on any atom is -0.443 e. The number of nitrogens with zero attached hydrogens (tertiary/aromatic N) is 1. The molecule has 6 heteroatoms. The van der Waals surface area contributed by atoms with Crippen molar-refractivity contribution in [2.75, 3.05) is 13.2 Å². The quantitative estimate of drug-likeness (QED) is 0.573. The van der Waals surface area contributed by atoms with Gasteiger partial charge in [-0.1, -0.05) is 19.6 Å². The van der Waals surface area contributed by atoms with E-state index in [0.717, 1.165) is 4.90 Å². The van der Waals surface area contributed by atoms with Crippen molar-refractivity contribution in [2.24, 2.45) is 0 Å². The average Bonchev–Trinajstić information content (AvgIpc) is 2.19. The van der Waals surface area contributed by atoms with Crippen LogP contribution in [0, 0.1) is 11.5 Å². The highest BCUT2D eigenvalue weighted by atomic mass is 28.3. The number of carbonyl (C=O) groups excluding carboxylic acids is 1. The summed E-state index contributed by atoms with van der Waals surface area (Å²) in [5.74, 6) is 0.0238. The predicted octanol–water partition coefficient (Wildman–Crippen LogP) is 2.73. The van der Waals surface area contributed by atoms with Crippen LogP contribution in [0.25, 0.3) is 0 Å². The molecular formula is C12H19F2NO2Si. The molecular weight excluding hydrogens is 256 g/mol. The minimum absolute atomic E-state index is 0.354. The summed E-state index contributed by atoms with van der Waals surface area (Å²) in [5, 5.41) is 0. The molecule has 0 radical (unpaired) electrons. The number of hydrogen-bond donors (Lipinski definition) is 0. The first-order chi connectivity index (χ1) is 8.11. The van der Waals surface area contributed by atoms with Crippen molar-refractivity contribution in [1.82, 2.24) is 4.90 Å². The Hall–Kier alpha value is -1.09. The third kappa shape index (κ3) is 4.65. The molecule has 1 aliphatic rings. The fourth-order valence-corrected chi connectivity index (χ4v) is 2.15. The third-order valence-electron chi connectivity index (χ3n) is 2.44. The van der Waals surface area contributed by atoms with E-state index >= 15 is 0 Å². The zero-order valence-electron chi connectivity index (χ0n) is 11.2. The van der Waals surface area contributed by atoms with Gasteiger partial charge in [-0.15, -0.1) is 11.5 Å². The largest absolute Gasteiger partial charge is 0.443 e. The molecule has 0 aromatic heterocycles. The highest BCUT2D eigenvalue weighted by Crippen LogP contribution is 2.23. The predicted molar refractivity (Wildman–Crippen MR) is 68.2 cm³/mol. The Morgan fingerprint density at radius 1 is 1.50 bits per heavy atom. The van der Waals surface area contributed by atoms with Crippen LogP contribution < -0.4 is 0 Å². The average molecular weight is 275 g/mol. The van der Waals surface area contributed by atoms with E-state index in [1.165, 1.54) is 0 Å². The minimum atomic E-state index is -2.96. The molecule has 0 saturated carbocycles. The molecule has 102 valence electrons. The molecule has 3 nitrogen and oxygen atoms in total. The van der Waals surface area contributed by atoms with Gasteiger partial charge in [-0.05, 0) is 6.92 Å². The first-order valence-corrected chi connectivity index (χ1v) is 9.42. The van der Waals surface area contributed by atoms with Crippen molar-refractivity contribution >= 4 is 14.2 Å². The number of alkyl halides is 2. The van der Waals surface area contributed by atoms with Crippen molar-refractivity contribution in [2.45, 2.75) is 44.9 Å². The highest BCUT2D eigenvalue weighted by molar-refractivity contribution is 6.83. The maximum Gasteiger partial charge on any atom is 0.410 e. The maximum atomic E-state index is 13.2. The van der Waals surface area contributed by atoms with Crippen molar-refractivity contribution in [3.8, 4) is 11.5 Å². The first kappa shape index (κ1) is 15.0. The highest BCUT2D eigenvalue weighted by Gasteiger charge is 2.42. The lowest BCUT2D eigenvalue weighted by atomic mass is 10.2. The number of rotatable bonds is 2. The van der Waals surface area contributed by atoms with Gasteiger partial charge < -0.3 is 4.74 Å². The SMILES string of the molecule is CC(CC#C[Si](C)(C)C)N1CC(F)(F)COC1=O. The van der Waals surface area contributed by atoms with Crippen LogP contribution in [-0.4, -0.2) is 44.2 Å². The van der Waals surface area contributed by atoms with E-state index in [-0.39, 0.29) is 6.04 Å². The van der Waals surface area contributed by atoms with Gasteiger partial charge in [0.15, 0.2) is 6.61 Å². The summed E-state index contributed by atoms with van der Waals surface area (Å²) in [6.07, 6.45) is -0.279. The van der Waals surface area contributed by atoms with E-state index in [1.807, 2.05) is 0 Å². The first-order valence-electron chi connectivity index (χ1n) is 5.92. The van der Waals surface area contributed by atoms with Crippen molar-refractivity contribution in [3.05, 3.63) is 0 Å². The van der Waals surface area contributed by atoms with Gasteiger partial charge in [-0.25, -0.2) is 13.6 Å². The molecule has 1 heterocycles. The van der Waals surface area contributed by atoms with E-state index in [2.05, 4.69) is 35.8 Å². The monoisotopic (exact) mass is 275 g/mol. The van der Waals surface area contributed by atoms with Crippen molar-refractivity contribution in [1.29, 1.82) is 0 Å². The topological polar surface area (TPSA) is 29.5 Å². The van der Waals surface area contributed by atoms with Crippen LogP contribution in [0.3, 0.4) is 0 Å². The molecule has 0 aromatic carbocycles. The third-order valence-corrected chi connectivity index (χ3v) is 3.36. The second-order valence-corrected chi connectivity index (χ2v) is 10.4. The summed E-state index contributed by atoms with van der Waals surface area (Å²) in [6, 6.07) is -0.354. The number of cyclic esters (lactones) is 1. The Kier molecular flexibility index (Phi) is 4.38. The van der Waals surface area contributed by atoms with Crippen LogP contribution in [0.5, 0.6) is 0 Å². The molecule has 18 heavy (non-hydrogen) atoms. The molecule has 0 aliphatic carbocycles. The van der Waals surface area contributed by atoms with E-state index in [1.54, 1.807) is 6.92 Å². The molecule has 1 aliphatic heterocycles. The second-order valence-electron chi connectivity index (χ2n) is 5.64. The van der Waals surface area contributed by atoms with Gasteiger partial charge in [-0.3, -0.25) is 4.90 Å². The summed E-state index contributed by atoms with van der Waals surface area (Å²) in [6.45, 7) is 6.62. The molecule has 0 N–H and O–H groups in total. The number of carbonyl (C=O) groups is 1. The number of ether oxygens (including phenoxy) is 1. The Balaban J connectivity index is 2.62. The Labute approximate surface area is 107 Å². The van der Waals surface area contributed by atoms with Crippen molar-refractivity contribution < 1.29 is 18.3 Å². The molecule has 0 bridgehead atoms. The zero-order chi connectivity index (χ0) is 14.0. The molecule has 1 atom stereocenters. The summed E-state index contributed by atoms with van der Waals surface area (Å²) in [5.41, 5.74) is 3.15. The Morgan fingerprint density at radius 3 is 2.67 bits per heavy atom. The van der Waals surface area contributed by atoms with E-state index in [0.29, 0.717) is 6.42 Å². The van der Waals surface area contributed by atoms with Crippen LogP contribution in [-0.2, 0) is 4.74 Å². The molecule has 1 unspecified atom stereocenters. The van der Waals surface area contributed by atoms with Gasteiger partial charge in [-0.2, -0.15) is 0 Å². The lowest BCUT2D eigenvalue weighted by Crippen LogP contribution is -2.52. The lowest BCUT2D eigenvalue weighted by Gasteiger charge is -2.35. The molecule has 1 saturated heterocycles. The van der Waals surface area contributed by atoms with Crippen LogP contribution in [0.15, 0.2) is 0 Å². The molecule has 0 spiro atoms. The van der Waals surface area contributed by atoms with Gasteiger partial charge >= 0.3 is 6.09 Å². The van der Waals surface area contributed by atoms with E-state index in [4.69, 9.17) is 0 Å².